The van der Waals surface area contributed by atoms with Crippen molar-refractivity contribution >= 4 is 24.3 Å². The van der Waals surface area contributed by atoms with E-state index >= 15 is 0 Å². The lowest BCUT2D eigenvalue weighted by Gasteiger charge is -2.12. The van der Waals surface area contributed by atoms with E-state index in [4.69, 9.17) is 10.2 Å². The summed E-state index contributed by atoms with van der Waals surface area (Å²) < 4.78 is 10.1. The van der Waals surface area contributed by atoms with Crippen LogP contribution in [0.2, 0.25) is 0 Å². The monoisotopic (exact) mass is 352 g/mol. The number of aryl methyl sites for hydroxylation is 2. The van der Waals surface area contributed by atoms with Crippen molar-refractivity contribution in [3.05, 3.63) is 58.5 Å². The van der Waals surface area contributed by atoms with Gasteiger partial charge < -0.3 is 20.2 Å². The zero-order valence-corrected chi connectivity index (χ0v) is 14.6. The van der Waals surface area contributed by atoms with Gasteiger partial charge in [-0.3, -0.25) is 4.79 Å². The van der Waals surface area contributed by atoms with Crippen molar-refractivity contribution in [2.24, 2.45) is 5.73 Å². The molecule has 0 fully saturated rings. The molecule has 1 atom stereocenters. The maximum atomic E-state index is 12.1. The maximum absolute atomic E-state index is 12.1. The van der Waals surface area contributed by atoms with E-state index in [1.54, 1.807) is 13.0 Å². The number of methoxy groups -OCH3 is 1. The Morgan fingerprint density at radius 3 is 2.46 bits per heavy atom. The lowest BCUT2D eigenvalue weighted by Crippen LogP contribution is -2.33. The topological polar surface area (TPSA) is 94.6 Å². The van der Waals surface area contributed by atoms with Crippen LogP contribution in [0, 0.1) is 13.8 Å². The van der Waals surface area contributed by atoms with Gasteiger partial charge in [-0.2, -0.15) is 0 Å². The molecular formula is C17H21ClN2O4. The van der Waals surface area contributed by atoms with Crippen LogP contribution in [-0.2, 0) is 16.1 Å². The zero-order valence-electron chi connectivity index (χ0n) is 13.8. The van der Waals surface area contributed by atoms with Gasteiger partial charge >= 0.3 is 5.97 Å². The fraction of sp³-hybridized carbons (Fsp3) is 0.294. The molecule has 0 saturated carbocycles. The Labute approximate surface area is 146 Å². The maximum Gasteiger partial charge on any atom is 0.341 e. The van der Waals surface area contributed by atoms with E-state index in [2.05, 4.69) is 10.1 Å². The third-order valence-corrected chi connectivity index (χ3v) is 3.53. The second-order valence-electron chi connectivity index (χ2n) is 5.28. The van der Waals surface area contributed by atoms with Crippen molar-refractivity contribution in [1.29, 1.82) is 0 Å². The molecule has 0 radical (unpaired) electrons. The van der Waals surface area contributed by atoms with Gasteiger partial charge in [-0.1, -0.05) is 29.8 Å². The minimum absolute atomic E-state index is 0. The van der Waals surface area contributed by atoms with Crippen molar-refractivity contribution in [1.82, 2.24) is 5.32 Å². The predicted molar refractivity (Wildman–Crippen MR) is 92.0 cm³/mol. The predicted octanol–water partition coefficient (Wildman–Crippen LogP) is 2.42. The summed E-state index contributed by atoms with van der Waals surface area (Å²) in [5, 5.41) is 2.70. The Balaban J connectivity index is 0.00000288. The van der Waals surface area contributed by atoms with Crippen molar-refractivity contribution in [2.45, 2.75) is 26.4 Å². The van der Waals surface area contributed by atoms with Gasteiger partial charge in [-0.15, -0.1) is 12.4 Å². The van der Waals surface area contributed by atoms with Crippen molar-refractivity contribution in [3.63, 3.8) is 0 Å². The number of halogens is 1. The second kappa shape index (κ2) is 8.52. The number of benzene rings is 1. The average molecular weight is 353 g/mol. The van der Waals surface area contributed by atoms with Crippen LogP contribution in [0.15, 0.2) is 34.7 Å². The minimum Gasteiger partial charge on any atom is -0.465 e. The summed E-state index contributed by atoms with van der Waals surface area (Å²) >= 11 is 0. The molecule has 1 heterocycles. The molecule has 1 unspecified atom stereocenters. The van der Waals surface area contributed by atoms with Crippen LogP contribution < -0.4 is 11.1 Å². The number of carbonyl (C=O) groups excluding carboxylic acids is 2. The number of furan rings is 1. The van der Waals surface area contributed by atoms with Crippen LogP contribution in [0.1, 0.15) is 39.0 Å². The lowest BCUT2D eigenvalue weighted by atomic mass is 10.1. The molecule has 2 aromatic rings. The number of hydrogen-bond donors (Lipinski definition) is 2. The van der Waals surface area contributed by atoms with Gasteiger partial charge in [0.15, 0.2) is 0 Å². The first-order valence-electron chi connectivity index (χ1n) is 7.20. The van der Waals surface area contributed by atoms with E-state index in [0.29, 0.717) is 17.1 Å². The highest BCUT2D eigenvalue weighted by atomic mass is 35.5. The smallest absolute Gasteiger partial charge is 0.341 e. The highest BCUT2D eigenvalue weighted by Gasteiger charge is 2.18. The highest BCUT2D eigenvalue weighted by Crippen LogP contribution is 2.16. The SMILES string of the molecule is COC(=O)c1cc(CNC(=O)C(N)c2ccc(C)cc2)oc1C.Cl. The number of ether oxygens (including phenoxy) is 1. The molecule has 0 spiro atoms. The average Bonchev–Trinajstić information content (AvgIpc) is 2.92. The molecule has 3 N–H and O–H groups in total. The van der Waals surface area contributed by atoms with Crippen LogP contribution in [-0.4, -0.2) is 19.0 Å². The molecule has 0 saturated heterocycles. The van der Waals surface area contributed by atoms with Crippen LogP contribution >= 0.6 is 12.4 Å². The normalized spacial score (nSPS) is 11.3. The van der Waals surface area contributed by atoms with E-state index in [1.807, 2.05) is 31.2 Å². The van der Waals surface area contributed by atoms with E-state index in [1.165, 1.54) is 7.11 Å². The first kappa shape index (κ1) is 19.7. The molecule has 24 heavy (non-hydrogen) atoms. The lowest BCUT2D eigenvalue weighted by molar-refractivity contribution is -0.122. The Hall–Kier alpha value is -2.31. The zero-order chi connectivity index (χ0) is 17.0. The van der Waals surface area contributed by atoms with Gasteiger partial charge in [-0.25, -0.2) is 4.79 Å². The van der Waals surface area contributed by atoms with Crippen LogP contribution in [0.4, 0.5) is 0 Å². The number of nitrogens with one attached hydrogen (secondary N) is 1. The Morgan fingerprint density at radius 2 is 1.88 bits per heavy atom. The van der Waals surface area contributed by atoms with Crippen LogP contribution in [0.5, 0.6) is 0 Å². The number of nitrogens with two attached hydrogens (primary N) is 1. The van der Waals surface area contributed by atoms with Gasteiger partial charge in [-0.05, 0) is 25.5 Å². The molecule has 2 rings (SSSR count). The molecule has 1 aromatic heterocycles. The molecule has 1 aromatic carbocycles. The van der Waals surface area contributed by atoms with E-state index in [-0.39, 0.29) is 24.9 Å². The Morgan fingerprint density at radius 1 is 1.25 bits per heavy atom. The summed E-state index contributed by atoms with van der Waals surface area (Å²) in [5.41, 5.74) is 8.12. The quantitative estimate of drug-likeness (QED) is 0.806. The third kappa shape index (κ3) is 4.59. The molecule has 0 aliphatic heterocycles. The van der Waals surface area contributed by atoms with Crippen molar-refractivity contribution in [3.8, 4) is 0 Å². The fourth-order valence-corrected chi connectivity index (χ4v) is 2.15. The minimum atomic E-state index is -0.758. The Kier molecular flexibility index (Phi) is 7.00. The van der Waals surface area contributed by atoms with E-state index in [9.17, 15) is 9.59 Å². The van der Waals surface area contributed by atoms with Gasteiger partial charge in [0.2, 0.25) is 5.91 Å². The summed E-state index contributed by atoms with van der Waals surface area (Å²) in [6.45, 7) is 3.78. The van der Waals surface area contributed by atoms with Crippen LogP contribution in [0.25, 0.3) is 0 Å². The van der Waals surface area contributed by atoms with Crippen molar-refractivity contribution in [2.75, 3.05) is 7.11 Å². The molecule has 0 aliphatic rings. The second-order valence-corrected chi connectivity index (χ2v) is 5.28. The number of rotatable bonds is 5. The number of esters is 1. The third-order valence-electron chi connectivity index (χ3n) is 3.53. The summed E-state index contributed by atoms with van der Waals surface area (Å²) in [6.07, 6.45) is 0. The molecule has 0 bridgehead atoms. The molecule has 0 aliphatic carbocycles. The Bertz CT molecular complexity index is 710. The fourth-order valence-electron chi connectivity index (χ4n) is 2.15. The molecule has 1 amide bonds. The highest BCUT2D eigenvalue weighted by molar-refractivity contribution is 5.90. The number of carbonyl (C=O) groups is 2. The summed E-state index contributed by atoms with van der Waals surface area (Å²) in [4.78, 5) is 23.6. The van der Waals surface area contributed by atoms with E-state index in [0.717, 1.165) is 11.1 Å². The molecule has 6 nitrogen and oxygen atoms in total. The summed E-state index contributed by atoms with van der Waals surface area (Å²) in [7, 11) is 1.30. The standard InChI is InChI=1S/C17H20N2O4.ClH/c1-10-4-6-12(7-5-10)15(18)16(20)19-9-13-8-14(11(2)23-13)17(21)22-3;/h4-8,15H,9,18H2,1-3H3,(H,19,20);1H. The van der Waals surface area contributed by atoms with Gasteiger partial charge in [0, 0.05) is 0 Å². The van der Waals surface area contributed by atoms with Gasteiger partial charge in [0.1, 0.15) is 23.1 Å². The largest absolute Gasteiger partial charge is 0.465 e. The molecular weight excluding hydrogens is 332 g/mol. The first-order chi connectivity index (χ1) is 10.9. The van der Waals surface area contributed by atoms with Gasteiger partial charge in [0.05, 0.1) is 13.7 Å². The molecule has 7 heteroatoms. The van der Waals surface area contributed by atoms with Gasteiger partial charge in [0.25, 0.3) is 0 Å². The number of amides is 1. The summed E-state index contributed by atoms with van der Waals surface area (Å²) in [6, 6.07) is 8.26. The number of hydrogen-bond acceptors (Lipinski definition) is 5. The van der Waals surface area contributed by atoms with Crippen LogP contribution in [0.3, 0.4) is 0 Å². The molecule has 130 valence electrons. The van der Waals surface area contributed by atoms with Crippen molar-refractivity contribution < 1.29 is 18.7 Å². The van der Waals surface area contributed by atoms with E-state index < -0.39 is 12.0 Å². The summed E-state index contributed by atoms with van der Waals surface area (Å²) in [5.74, 6) is 0.124. The first-order valence-corrected chi connectivity index (χ1v) is 7.20.